The van der Waals surface area contributed by atoms with Crippen LogP contribution in [0.4, 0.5) is 17.6 Å². The Morgan fingerprint density at radius 2 is 1.71 bits per heavy atom. The van der Waals surface area contributed by atoms with Gasteiger partial charge in [-0.3, -0.25) is 9.78 Å². The fourth-order valence-electron chi connectivity index (χ4n) is 4.73. The van der Waals surface area contributed by atoms with Gasteiger partial charge in [-0.1, -0.05) is 12.1 Å². The Balaban J connectivity index is 1.51. The van der Waals surface area contributed by atoms with Crippen LogP contribution in [0.3, 0.4) is 0 Å². The summed E-state index contributed by atoms with van der Waals surface area (Å²) in [4.78, 5) is 19.6. The molecule has 41 heavy (non-hydrogen) atoms. The number of aromatic amines is 1. The Hall–Kier alpha value is -4.55. The van der Waals surface area contributed by atoms with E-state index in [0.29, 0.717) is 28.1 Å². The van der Waals surface area contributed by atoms with E-state index in [1.807, 2.05) is 0 Å². The zero-order valence-corrected chi connectivity index (χ0v) is 22.0. The second kappa shape index (κ2) is 11.1. The number of halogens is 4. The number of nitrogens with zero attached hydrogens (tertiary/aromatic N) is 1. The lowest BCUT2D eigenvalue weighted by Crippen LogP contribution is -2.30. The molecule has 210 valence electrons. The van der Waals surface area contributed by atoms with E-state index in [-0.39, 0.29) is 29.8 Å². The van der Waals surface area contributed by atoms with Crippen molar-refractivity contribution in [3.63, 3.8) is 0 Å². The number of primary sulfonamides is 1. The van der Waals surface area contributed by atoms with Crippen molar-refractivity contribution in [2.45, 2.75) is 17.2 Å². The summed E-state index contributed by atoms with van der Waals surface area (Å²) >= 11 is 0. The van der Waals surface area contributed by atoms with Crippen molar-refractivity contribution in [3.05, 3.63) is 119 Å². The number of benzene rings is 3. The van der Waals surface area contributed by atoms with Gasteiger partial charge in [0.15, 0.2) is 0 Å². The minimum Gasteiger partial charge on any atom is -0.361 e. The fraction of sp³-hybridized carbons (Fsp3) is 0.103. The van der Waals surface area contributed by atoms with Crippen molar-refractivity contribution in [2.75, 3.05) is 6.54 Å². The van der Waals surface area contributed by atoms with Gasteiger partial charge in [0.05, 0.1) is 12.1 Å². The molecule has 2 heterocycles. The van der Waals surface area contributed by atoms with Crippen molar-refractivity contribution < 1.29 is 30.8 Å². The van der Waals surface area contributed by atoms with E-state index in [9.17, 15) is 30.8 Å². The van der Waals surface area contributed by atoms with Gasteiger partial charge in [0.1, 0.15) is 28.2 Å². The first-order valence-electron chi connectivity index (χ1n) is 12.3. The topological polar surface area (TPSA) is 118 Å². The van der Waals surface area contributed by atoms with E-state index in [2.05, 4.69) is 15.3 Å². The average Bonchev–Trinajstić information content (AvgIpc) is 3.29. The van der Waals surface area contributed by atoms with Crippen LogP contribution in [-0.4, -0.2) is 30.8 Å². The van der Waals surface area contributed by atoms with Crippen LogP contribution in [0.2, 0.25) is 0 Å². The van der Waals surface area contributed by atoms with E-state index in [1.165, 1.54) is 24.4 Å². The highest BCUT2D eigenvalue weighted by atomic mass is 32.2. The van der Waals surface area contributed by atoms with E-state index in [1.54, 1.807) is 24.4 Å². The number of hydrogen-bond donors (Lipinski definition) is 3. The number of sulfonamides is 1. The third-order valence-corrected chi connectivity index (χ3v) is 7.51. The second-order valence-corrected chi connectivity index (χ2v) is 10.9. The van der Waals surface area contributed by atoms with Crippen molar-refractivity contribution in [1.82, 2.24) is 15.3 Å². The summed E-state index contributed by atoms with van der Waals surface area (Å²) in [5, 5.41) is 8.46. The van der Waals surface area contributed by atoms with Gasteiger partial charge in [0.2, 0.25) is 15.9 Å². The smallest absolute Gasteiger partial charge is 0.240 e. The lowest BCUT2D eigenvalue weighted by molar-refractivity contribution is -0.120. The first-order chi connectivity index (χ1) is 19.5. The number of amides is 1. The molecule has 0 aliphatic carbocycles. The second-order valence-electron chi connectivity index (χ2n) is 9.37. The summed E-state index contributed by atoms with van der Waals surface area (Å²) in [6.45, 7) is -0.161. The maximum atomic E-state index is 14.3. The number of fused-ring (bicyclic) bond motifs is 1. The quantitative estimate of drug-likeness (QED) is 0.225. The Kier molecular flexibility index (Phi) is 7.61. The summed E-state index contributed by atoms with van der Waals surface area (Å²) in [5.74, 6) is -4.58. The van der Waals surface area contributed by atoms with Crippen molar-refractivity contribution in [2.24, 2.45) is 5.14 Å². The molecule has 0 aliphatic rings. The molecule has 7 nitrogen and oxygen atoms in total. The van der Waals surface area contributed by atoms with E-state index in [4.69, 9.17) is 5.14 Å². The number of carbonyl (C=O) groups is 1. The van der Waals surface area contributed by atoms with Crippen LogP contribution in [0.15, 0.2) is 84.0 Å². The Bertz CT molecular complexity index is 1870. The van der Waals surface area contributed by atoms with Gasteiger partial charge in [-0.05, 0) is 65.2 Å². The fourth-order valence-corrected chi connectivity index (χ4v) is 5.36. The number of nitrogens with two attached hydrogens (primary N) is 1. The molecule has 5 aromatic rings. The van der Waals surface area contributed by atoms with Crippen LogP contribution in [0.5, 0.6) is 0 Å². The highest BCUT2D eigenvalue weighted by molar-refractivity contribution is 7.89. The van der Waals surface area contributed by atoms with Crippen molar-refractivity contribution >= 4 is 26.8 Å². The van der Waals surface area contributed by atoms with Gasteiger partial charge in [0.25, 0.3) is 0 Å². The normalized spacial score (nSPS) is 12.4. The number of rotatable bonds is 8. The van der Waals surface area contributed by atoms with E-state index >= 15 is 0 Å². The Morgan fingerprint density at radius 1 is 0.951 bits per heavy atom. The van der Waals surface area contributed by atoms with Gasteiger partial charge in [-0.15, -0.1) is 0 Å². The number of carbonyl (C=O) groups excluding carboxylic acids is 1. The van der Waals surface area contributed by atoms with Crippen LogP contribution < -0.4 is 10.5 Å². The van der Waals surface area contributed by atoms with Gasteiger partial charge in [-0.2, -0.15) is 0 Å². The number of hydrogen-bond acceptors (Lipinski definition) is 4. The molecule has 12 heteroatoms. The first-order valence-corrected chi connectivity index (χ1v) is 13.8. The summed E-state index contributed by atoms with van der Waals surface area (Å²) in [6.07, 6.45) is 2.91. The minimum atomic E-state index is -4.40. The van der Waals surface area contributed by atoms with Crippen LogP contribution in [-0.2, 0) is 21.2 Å². The maximum absolute atomic E-state index is 14.3. The molecule has 0 saturated heterocycles. The standard InChI is InChI=1S/C29H22F4N4O3S/c30-19-4-6-26-23(13-19)18(14-36-26)11-28(38)37-15-24(17-8-20(31)12-21(32)9-17)29-22(2-1-7-35-29)16-3-5-25(33)27(10-16)41(34,39)40/h1-10,12-14,24,36H,11,15H2,(H,37,38)(H2,34,39,40). The molecule has 5 rings (SSSR count). The lowest BCUT2D eigenvalue weighted by Gasteiger charge is -2.21. The molecule has 0 fully saturated rings. The van der Waals surface area contributed by atoms with Gasteiger partial charge in [-0.25, -0.2) is 31.1 Å². The predicted octanol–water partition coefficient (Wildman–Crippen LogP) is 4.92. The molecule has 1 amide bonds. The van der Waals surface area contributed by atoms with E-state index in [0.717, 1.165) is 24.3 Å². The lowest BCUT2D eigenvalue weighted by atomic mass is 9.89. The summed E-state index contributed by atoms with van der Waals surface area (Å²) < 4.78 is 80.4. The van der Waals surface area contributed by atoms with Crippen LogP contribution >= 0.6 is 0 Å². The highest BCUT2D eigenvalue weighted by Crippen LogP contribution is 2.34. The molecule has 1 atom stereocenters. The van der Waals surface area contributed by atoms with Crippen LogP contribution in [0.1, 0.15) is 22.7 Å². The Morgan fingerprint density at radius 3 is 2.44 bits per heavy atom. The number of nitrogens with one attached hydrogen (secondary N) is 2. The zero-order valence-electron chi connectivity index (χ0n) is 21.2. The molecule has 0 saturated carbocycles. The highest BCUT2D eigenvalue weighted by Gasteiger charge is 2.24. The number of H-pyrrole nitrogens is 1. The molecule has 3 aromatic carbocycles. The molecular weight excluding hydrogens is 560 g/mol. The summed E-state index contributed by atoms with van der Waals surface area (Å²) in [7, 11) is -4.40. The molecule has 0 radical (unpaired) electrons. The van der Waals surface area contributed by atoms with Crippen molar-refractivity contribution in [1.29, 1.82) is 0 Å². The molecule has 0 spiro atoms. The minimum absolute atomic E-state index is 0.113. The third-order valence-electron chi connectivity index (χ3n) is 6.59. The largest absolute Gasteiger partial charge is 0.361 e. The molecule has 4 N–H and O–H groups in total. The molecule has 0 bridgehead atoms. The Labute approximate surface area is 232 Å². The van der Waals surface area contributed by atoms with Crippen LogP contribution in [0.25, 0.3) is 22.0 Å². The first kappa shape index (κ1) is 28.0. The number of pyridine rings is 1. The summed E-state index contributed by atoms with van der Waals surface area (Å²) in [5.41, 5.74) is 2.13. The number of aromatic nitrogens is 2. The van der Waals surface area contributed by atoms with Gasteiger partial charge >= 0.3 is 0 Å². The molecule has 0 aliphatic heterocycles. The van der Waals surface area contributed by atoms with Gasteiger partial charge in [0, 0.05) is 47.4 Å². The third kappa shape index (κ3) is 6.13. The molecule has 2 aromatic heterocycles. The van der Waals surface area contributed by atoms with E-state index < -0.39 is 50.0 Å². The average molecular weight is 583 g/mol. The molecule has 1 unspecified atom stereocenters. The van der Waals surface area contributed by atoms with Gasteiger partial charge < -0.3 is 10.3 Å². The molecular formula is C29H22F4N4O3S. The maximum Gasteiger partial charge on any atom is 0.240 e. The summed E-state index contributed by atoms with van der Waals surface area (Å²) in [6, 6.07) is 13.5. The monoisotopic (exact) mass is 582 g/mol. The van der Waals surface area contributed by atoms with Crippen molar-refractivity contribution in [3.8, 4) is 11.1 Å². The zero-order chi connectivity index (χ0) is 29.3. The van der Waals surface area contributed by atoms with Crippen LogP contribution in [0, 0.1) is 23.3 Å². The SMILES string of the molecule is NS(=O)(=O)c1cc(-c2cccnc2C(CNC(=O)Cc2c[nH]c3ccc(F)cc23)c2cc(F)cc(F)c2)ccc1F. The predicted molar refractivity (Wildman–Crippen MR) is 144 cm³/mol.